The van der Waals surface area contributed by atoms with E-state index in [1.807, 2.05) is 19.2 Å². The van der Waals surface area contributed by atoms with Gasteiger partial charge in [-0.1, -0.05) is 36.7 Å². The summed E-state index contributed by atoms with van der Waals surface area (Å²) in [5.41, 5.74) is 1.61. The highest BCUT2D eigenvalue weighted by Gasteiger charge is 2.51. The van der Waals surface area contributed by atoms with Crippen molar-refractivity contribution in [2.45, 2.75) is 18.8 Å². The van der Waals surface area contributed by atoms with Gasteiger partial charge in [0.25, 0.3) is 0 Å². The molecule has 0 heterocycles. The number of hydrogen-bond acceptors (Lipinski definition) is 1. The number of hydrogen-bond donors (Lipinski definition) is 1. The van der Waals surface area contributed by atoms with Crippen LogP contribution in [0, 0.1) is 5.92 Å². The van der Waals surface area contributed by atoms with Crippen LogP contribution in [0.1, 0.15) is 18.9 Å². The molecule has 76 valence electrons. The molecular formula is C12H16ClN. The van der Waals surface area contributed by atoms with E-state index >= 15 is 0 Å². The predicted octanol–water partition coefficient (Wildman–Crippen LogP) is 2.84. The van der Waals surface area contributed by atoms with Gasteiger partial charge in [0.15, 0.2) is 0 Å². The summed E-state index contributed by atoms with van der Waals surface area (Å²) in [6, 6.07) is 8.20. The zero-order chi connectivity index (χ0) is 10.2. The van der Waals surface area contributed by atoms with Crippen LogP contribution in [0.15, 0.2) is 24.3 Å². The van der Waals surface area contributed by atoms with Crippen LogP contribution in [0.3, 0.4) is 0 Å². The van der Waals surface area contributed by atoms with Crippen LogP contribution in [0.2, 0.25) is 5.02 Å². The normalized spacial score (nSPS) is 30.4. The van der Waals surface area contributed by atoms with Gasteiger partial charge in [-0.15, -0.1) is 0 Å². The summed E-state index contributed by atoms with van der Waals surface area (Å²) in [5.74, 6) is 0.743. The first-order valence-corrected chi connectivity index (χ1v) is 5.46. The predicted molar refractivity (Wildman–Crippen MR) is 60.8 cm³/mol. The van der Waals surface area contributed by atoms with Crippen LogP contribution in [0.25, 0.3) is 0 Å². The molecule has 0 aromatic heterocycles. The molecule has 0 radical (unpaired) electrons. The molecular weight excluding hydrogens is 194 g/mol. The second-order valence-corrected chi connectivity index (χ2v) is 4.76. The van der Waals surface area contributed by atoms with Crippen molar-refractivity contribution in [3.05, 3.63) is 34.9 Å². The lowest BCUT2D eigenvalue weighted by atomic mass is 9.95. The number of halogens is 1. The molecule has 2 heteroatoms. The Labute approximate surface area is 90.5 Å². The molecule has 0 saturated heterocycles. The van der Waals surface area contributed by atoms with Gasteiger partial charge in [0.2, 0.25) is 0 Å². The van der Waals surface area contributed by atoms with Gasteiger partial charge in [-0.3, -0.25) is 0 Å². The van der Waals surface area contributed by atoms with Gasteiger partial charge in [-0.2, -0.15) is 0 Å². The van der Waals surface area contributed by atoms with E-state index in [2.05, 4.69) is 24.4 Å². The molecule has 1 aliphatic carbocycles. The molecule has 2 atom stereocenters. The van der Waals surface area contributed by atoms with Gasteiger partial charge in [-0.05, 0) is 43.0 Å². The van der Waals surface area contributed by atoms with Crippen molar-refractivity contribution in [2.75, 3.05) is 13.6 Å². The van der Waals surface area contributed by atoms with Crippen molar-refractivity contribution in [2.24, 2.45) is 5.92 Å². The lowest BCUT2D eigenvalue weighted by Crippen LogP contribution is -2.16. The average molecular weight is 210 g/mol. The third-order valence-electron chi connectivity index (χ3n) is 3.35. The molecule has 1 N–H and O–H groups in total. The Hall–Kier alpha value is -0.530. The van der Waals surface area contributed by atoms with Crippen LogP contribution in [0.4, 0.5) is 0 Å². The second kappa shape index (κ2) is 3.56. The van der Waals surface area contributed by atoms with E-state index in [0.717, 1.165) is 17.5 Å². The lowest BCUT2D eigenvalue weighted by molar-refractivity contribution is 0.617. The molecule has 0 unspecified atom stereocenters. The van der Waals surface area contributed by atoms with Crippen LogP contribution >= 0.6 is 11.6 Å². The molecule has 1 fully saturated rings. The van der Waals surface area contributed by atoms with E-state index in [9.17, 15) is 0 Å². The quantitative estimate of drug-likeness (QED) is 0.808. The third-order valence-corrected chi connectivity index (χ3v) is 3.68. The summed E-state index contributed by atoms with van der Waals surface area (Å²) >= 11 is 6.19. The van der Waals surface area contributed by atoms with Crippen molar-refractivity contribution in [1.82, 2.24) is 5.32 Å². The van der Waals surface area contributed by atoms with Gasteiger partial charge in [-0.25, -0.2) is 0 Å². The average Bonchev–Trinajstić information content (AvgIpc) is 2.79. The molecule has 0 spiro atoms. The minimum atomic E-state index is 0.307. The maximum absolute atomic E-state index is 6.19. The molecule has 1 saturated carbocycles. The minimum absolute atomic E-state index is 0.307. The fourth-order valence-electron chi connectivity index (χ4n) is 2.25. The van der Waals surface area contributed by atoms with E-state index in [1.165, 1.54) is 12.0 Å². The van der Waals surface area contributed by atoms with Crippen LogP contribution in [-0.4, -0.2) is 13.6 Å². The molecule has 0 bridgehead atoms. The SMILES string of the molecule is CNC[C@@H]1C[C@]1(C)c1ccccc1Cl. The molecule has 0 aliphatic heterocycles. The first kappa shape index (κ1) is 10.0. The van der Waals surface area contributed by atoms with Crippen LogP contribution in [-0.2, 0) is 5.41 Å². The Bertz CT molecular complexity index is 337. The van der Waals surface area contributed by atoms with Gasteiger partial charge >= 0.3 is 0 Å². The van der Waals surface area contributed by atoms with E-state index < -0.39 is 0 Å². The van der Waals surface area contributed by atoms with Crippen molar-refractivity contribution >= 4 is 11.6 Å². The number of benzene rings is 1. The summed E-state index contributed by atoms with van der Waals surface area (Å²) in [7, 11) is 2.01. The summed E-state index contributed by atoms with van der Waals surface area (Å²) < 4.78 is 0. The maximum Gasteiger partial charge on any atom is 0.0443 e. The first-order chi connectivity index (χ1) is 6.68. The highest BCUT2D eigenvalue weighted by Crippen LogP contribution is 2.55. The molecule has 1 aromatic rings. The Morgan fingerprint density at radius 1 is 1.50 bits per heavy atom. The number of nitrogens with one attached hydrogen (secondary N) is 1. The standard InChI is InChI=1S/C12H16ClN/c1-12(7-9(12)8-14-2)10-5-3-4-6-11(10)13/h3-6,9,14H,7-8H2,1-2H3/t9-,12-/m0/s1. The fourth-order valence-corrected chi connectivity index (χ4v) is 2.60. The molecule has 0 amide bonds. The summed E-state index contributed by atoms with van der Waals surface area (Å²) in [6.45, 7) is 3.39. The van der Waals surface area contributed by atoms with Crippen molar-refractivity contribution in [1.29, 1.82) is 0 Å². The first-order valence-electron chi connectivity index (χ1n) is 5.08. The maximum atomic E-state index is 6.19. The topological polar surface area (TPSA) is 12.0 Å². The minimum Gasteiger partial charge on any atom is -0.319 e. The lowest BCUT2D eigenvalue weighted by Gasteiger charge is -2.13. The van der Waals surface area contributed by atoms with Crippen molar-refractivity contribution < 1.29 is 0 Å². The Kier molecular flexibility index (Phi) is 2.54. The molecule has 14 heavy (non-hydrogen) atoms. The van der Waals surface area contributed by atoms with Gasteiger partial charge < -0.3 is 5.32 Å². The molecule has 1 aromatic carbocycles. The van der Waals surface area contributed by atoms with E-state index in [-0.39, 0.29) is 0 Å². The molecule has 1 nitrogen and oxygen atoms in total. The van der Waals surface area contributed by atoms with Crippen LogP contribution < -0.4 is 5.32 Å². The zero-order valence-electron chi connectivity index (χ0n) is 8.68. The summed E-state index contributed by atoms with van der Waals surface area (Å²) in [6.07, 6.45) is 1.25. The van der Waals surface area contributed by atoms with Gasteiger partial charge in [0.1, 0.15) is 0 Å². The van der Waals surface area contributed by atoms with E-state index in [0.29, 0.717) is 5.41 Å². The fraction of sp³-hybridized carbons (Fsp3) is 0.500. The van der Waals surface area contributed by atoms with Crippen LogP contribution in [0.5, 0.6) is 0 Å². The van der Waals surface area contributed by atoms with Crippen molar-refractivity contribution in [3.8, 4) is 0 Å². The highest BCUT2D eigenvalue weighted by molar-refractivity contribution is 6.31. The van der Waals surface area contributed by atoms with E-state index in [4.69, 9.17) is 11.6 Å². The third kappa shape index (κ3) is 1.55. The van der Waals surface area contributed by atoms with Gasteiger partial charge in [0, 0.05) is 5.02 Å². The Morgan fingerprint density at radius 3 is 2.86 bits per heavy atom. The van der Waals surface area contributed by atoms with Crippen molar-refractivity contribution in [3.63, 3.8) is 0 Å². The summed E-state index contributed by atoms with van der Waals surface area (Å²) in [4.78, 5) is 0. The summed E-state index contributed by atoms with van der Waals surface area (Å²) in [5, 5.41) is 4.14. The molecule has 2 rings (SSSR count). The highest BCUT2D eigenvalue weighted by atomic mass is 35.5. The molecule has 1 aliphatic rings. The number of rotatable bonds is 3. The van der Waals surface area contributed by atoms with E-state index in [1.54, 1.807) is 0 Å². The monoisotopic (exact) mass is 209 g/mol. The van der Waals surface area contributed by atoms with Gasteiger partial charge in [0.05, 0.1) is 0 Å². The zero-order valence-corrected chi connectivity index (χ0v) is 9.43. The smallest absolute Gasteiger partial charge is 0.0443 e. The second-order valence-electron chi connectivity index (χ2n) is 4.36. The largest absolute Gasteiger partial charge is 0.319 e. The Balaban J connectivity index is 2.21. The Morgan fingerprint density at radius 2 is 2.21 bits per heavy atom.